The number of fused-ring (bicyclic) bond motifs is 1. The maximum Gasteiger partial charge on any atom is 0.447 e. The molecule has 0 unspecified atom stereocenters. The number of thioether (sulfide) groups is 1. The summed E-state index contributed by atoms with van der Waals surface area (Å²) in [4.78, 5) is 18.3. The molecule has 5 heterocycles. The third kappa shape index (κ3) is 6.73. The number of pyridine rings is 1. The zero-order valence-electron chi connectivity index (χ0n) is 21.1. The minimum Gasteiger partial charge on any atom is -0.433 e. The molecule has 1 aliphatic heterocycles. The molecule has 17 heteroatoms. The third-order valence-electron chi connectivity index (χ3n) is 6.22. The minimum atomic E-state index is -4.65. The molecular weight excluding hydrogens is 598 g/mol. The number of thiophene rings is 1. The Bertz CT molecular complexity index is 1520. The van der Waals surface area contributed by atoms with Crippen LogP contribution in [0.3, 0.4) is 0 Å². The Hall–Kier alpha value is -3.44. The molecule has 1 amide bonds. The molecule has 0 aromatic carbocycles. The van der Waals surface area contributed by atoms with Gasteiger partial charge in [-0.1, -0.05) is 5.16 Å². The molecule has 1 aliphatic rings. The van der Waals surface area contributed by atoms with Crippen LogP contribution < -0.4 is 15.4 Å². The van der Waals surface area contributed by atoms with Gasteiger partial charge in [0.1, 0.15) is 16.8 Å². The van der Waals surface area contributed by atoms with Crippen molar-refractivity contribution < 1.29 is 40.4 Å². The summed E-state index contributed by atoms with van der Waals surface area (Å²) in [5.74, 6) is -1.35. The average Bonchev–Trinajstić information content (AvgIpc) is 3.63. The number of rotatable bonds is 9. The Balaban J connectivity index is 1.40. The molecular formula is C24H22F6N6O3S2. The fourth-order valence-electron chi connectivity index (χ4n) is 4.41. The predicted molar refractivity (Wildman–Crippen MR) is 139 cm³/mol. The van der Waals surface area contributed by atoms with Crippen molar-refractivity contribution in [1.29, 1.82) is 0 Å². The van der Waals surface area contributed by atoms with Gasteiger partial charge in [0.2, 0.25) is 11.7 Å². The SMILES string of the molecule is CN1CC[C@@H](Nc2cccn3c(SC(F)(F)F)c(-c4noc(CNC(=O)c5sccc5OC(F)F)n4)cc23)[C@@H](F)C1. The molecule has 4 aromatic rings. The highest BCUT2D eigenvalue weighted by molar-refractivity contribution is 8.00. The number of alkyl halides is 6. The topological polar surface area (TPSA) is 96.9 Å². The van der Waals surface area contributed by atoms with Crippen LogP contribution in [0.15, 0.2) is 45.4 Å². The number of carbonyl (C=O) groups is 1. The number of hydrogen-bond acceptors (Lipinski definition) is 9. The van der Waals surface area contributed by atoms with Gasteiger partial charge in [-0.2, -0.15) is 26.9 Å². The van der Waals surface area contributed by atoms with Gasteiger partial charge in [0.05, 0.1) is 34.4 Å². The zero-order valence-corrected chi connectivity index (χ0v) is 22.8. The summed E-state index contributed by atoms with van der Waals surface area (Å²) >= 11 is 0.515. The molecule has 4 aromatic heterocycles. The Labute approximate surface area is 236 Å². The van der Waals surface area contributed by atoms with Crippen molar-refractivity contribution in [3.63, 3.8) is 0 Å². The van der Waals surface area contributed by atoms with Gasteiger partial charge in [-0.25, -0.2) is 4.39 Å². The summed E-state index contributed by atoms with van der Waals surface area (Å²) < 4.78 is 91.3. The summed E-state index contributed by atoms with van der Waals surface area (Å²) in [6.07, 6.45) is 0.785. The van der Waals surface area contributed by atoms with Crippen LogP contribution in [0.2, 0.25) is 0 Å². The number of likely N-dealkylation sites (tertiary alicyclic amines) is 1. The van der Waals surface area contributed by atoms with Crippen molar-refractivity contribution in [3.8, 4) is 17.1 Å². The molecule has 5 rings (SSSR count). The van der Waals surface area contributed by atoms with Gasteiger partial charge in [-0.15, -0.1) is 11.3 Å². The molecule has 9 nitrogen and oxygen atoms in total. The summed E-state index contributed by atoms with van der Waals surface area (Å²) in [6.45, 7) is -2.54. The summed E-state index contributed by atoms with van der Waals surface area (Å²) in [7, 11) is 1.81. The van der Waals surface area contributed by atoms with E-state index < -0.39 is 30.2 Å². The largest absolute Gasteiger partial charge is 0.447 e. The number of amides is 1. The van der Waals surface area contributed by atoms with E-state index in [4.69, 9.17) is 4.52 Å². The number of nitrogens with one attached hydrogen (secondary N) is 2. The Morgan fingerprint density at radius 2 is 2.15 bits per heavy atom. The molecule has 0 aliphatic carbocycles. The van der Waals surface area contributed by atoms with E-state index >= 15 is 0 Å². The Morgan fingerprint density at radius 3 is 2.88 bits per heavy atom. The number of nitrogens with zero attached hydrogens (tertiary/aromatic N) is 4. The van der Waals surface area contributed by atoms with Gasteiger partial charge >= 0.3 is 12.1 Å². The quantitative estimate of drug-likeness (QED) is 0.183. The number of aromatic nitrogens is 3. The van der Waals surface area contributed by atoms with Gasteiger partial charge < -0.3 is 29.2 Å². The second-order valence-electron chi connectivity index (χ2n) is 9.09. The third-order valence-corrected chi connectivity index (χ3v) is 7.96. The molecule has 1 saturated heterocycles. The van der Waals surface area contributed by atoms with E-state index in [1.165, 1.54) is 28.1 Å². The van der Waals surface area contributed by atoms with E-state index in [2.05, 4.69) is 25.5 Å². The highest BCUT2D eigenvalue weighted by atomic mass is 32.2. The van der Waals surface area contributed by atoms with Crippen LogP contribution in [0.5, 0.6) is 5.75 Å². The van der Waals surface area contributed by atoms with E-state index in [1.54, 1.807) is 12.1 Å². The smallest absolute Gasteiger partial charge is 0.433 e. The monoisotopic (exact) mass is 620 g/mol. The van der Waals surface area contributed by atoms with Crippen LogP contribution in [0, 0.1) is 0 Å². The van der Waals surface area contributed by atoms with E-state index in [9.17, 15) is 31.1 Å². The van der Waals surface area contributed by atoms with Crippen LogP contribution in [0.25, 0.3) is 16.9 Å². The highest BCUT2D eigenvalue weighted by Crippen LogP contribution is 2.44. The van der Waals surface area contributed by atoms with Crippen molar-refractivity contribution in [2.75, 3.05) is 25.5 Å². The molecule has 0 spiro atoms. The van der Waals surface area contributed by atoms with E-state index in [0.29, 0.717) is 24.2 Å². The van der Waals surface area contributed by atoms with Gasteiger partial charge in [0, 0.05) is 31.0 Å². The van der Waals surface area contributed by atoms with E-state index in [-0.39, 0.29) is 57.8 Å². The van der Waals surface area contributed by atoms with Crippen LogP contribution in [-0.4, -0.2) is 69.8 Å². The first-order valence-corrected chi connectivity index (χ1v) is 13.8. The molecule has 0 saturated carbocycles. The van der Waals surface area contributed by atoms with Crippen LogP contribution in [0.1, 0.15) is 22.0 Å². The lowest BCUT2D eigenvalue weighted by molar-refractivity contribution is -0.0498. The van der Waals surface area contributed by atoms with Crippen molar-refractivity contribution in [2.24, 2.45) is 0 Å². The summed E-state index contributed by atoms with van der Waals surface area (Å²) in [5, 5.41) is 10.5. The number of hydrogen-bond donors (Lipinski definition) is 2. The lowest BCUT2D eigenvalue weighted by Gasteiger charge is -2.33. The fraction of sp³-hybridized carbons (Fsp3) is 0.375. The summed E-state index contributed by atoms with van der Waals surface area (Å²) in [5.41, 5.74) is -3.85. The van der Waals surface area contributed by atoms with Gasteiger partial charge in [-0.05, 0) is 43.1 Å². The minimum absolute atomic E-state index is 0.00829. The normalized spacial score (nSPS) is 18.2. The standard InChI is InChI=1S/C24H22F6N6O3S2/c1-35-7-4-14(13(25)11-35)32-15-3-2-6-36-16(15)9-12(22(36)41-24(28,29)30)20-33-18(39-34-20)10-31-21(37)19-17(5-8-40-19)38-23(26)27/h2-3,5-6,8-9,13-14,23,32H,4,7,10-11H2,1H3,(H,31,37)/t13-,14+/m0/s1. The lowest BCUT2D eigenvalue weighted by atomic mass is 10.0. The van der Waals surface area contributed by atoms with Crippen LogP contribution in [0.4, 0.5) is 32.0 Å². The lowest BCUT2D eigenvalue weighted by Crippen LogP contribution is -2.46. The van der Waals surface area contributed by atoms with Gasteiger partial charge in [0.25, 0.3) is 5.91 Å². The summed E-state index contributed by atoms with van der Waals surface area (Å²) in [6, 6.07) is 5.35. The second kappa shape index (κ2) is 11.8. The van der Waals surface area contributed by atoms with Crippen molar-refractivity contribution in [2.45, 2.75) is 42.3 Å². The molecule has 41 heavy (non-hydrogen) atoms. The molecule has 220 valence electrons. The van der Waals surface area contributed by atoms with Gasteiger partial charge in [0.15, 0.2) is 0 Å². The molecule has 2 N–H and O–H groups in total. The fourth-order valence-corrected chi connectivity index (χ4v) is 5.89. The van der Waals surface area contributed by atoms with Crippen LogP contribution in [-0.2, 0) is 6.54 Å². The second-order valence-corrected chi connectivity index (χ2v) is 11.1. The maximum atomic E-state index is 14.7. The average molecular weight is 621 g/mol. The van der Waals surface area contributed by atoms with Crippen molar-refractivity contribution >= 4 is 40.2 Å². The first-order valence-electron chi connectivity index (χ1n) is 12.1. The highest BCUT2D eigenvalue weighted by Gasteiger charge is 2.34. The number of halogens is 6. The van der Waals surface area contributed by atoms with E-state index in [1.807, 2.05) is 11.9 Å². The molecule has 2 atom stereocenters. The van der Waals surface area contributed by atoms with E-state index in [0.717, 1.165) is 11.3 Å². The first-order chi connectivity index (χ1) is 19.5. The predicted octanol–water partition coefficient (Wildman–Crippen LogP) is 5.65. The Morgan fingerprint density at radius 1 is 1.34 bits per heavy atom. The number of piperidine rings is 1. The maximum absolute atomic E-state index is 14.7. The zero-order chi connectivity index (χ0) is 29.3. The van der Waals surface area contributed by atoms with Crippen LogP contribution >= 0.6 is 23.1 Å². The molecule has 1 fully saturated rings. The molecule has 0 bridgehead atoms. The van der Waals surface area contributed by atoms with Crippen molar-refractivity contribution in [3.05, 3.63) is 46.6 Å². The van der Waals surface area contributed by atoms with Crippen molar-refractivity contribution in [1.82, 2.24) is 24.8 Å². The van der Waals surface area contributed by atoms with Gasteiger partial charge in [-0.3, -0.25) is 4.79 Å². The Kier molecular flexibility index (Phi) is 8.37. The first kappa shape index (κ1) is 29.1. The number of ether oxygens (including phenoxy) is 1. The number of anilines is 1. The molecule has 0 radical (unpaired) electrons. The number of carbonyl (C=O) groups excluding carboxylic acids is 1.